The van der Waals surface area contributed by atoms with Gasteiger partial charge in [-0.1, -0.05) is 6.07 Å². The number of nitrogens with zero attached hydrogens (tertiary/aromatic N) is 2. The fourth-order valence-electron chi connectivity index (χ4n) is 4.21. The SMILES string of the molecule is COC1C[C@H](C(=O)Nc2ccc3c(c2)CCN(C)C3)N(C(=O)Nc2ccc(Br)c(F)c2)C1. The van der Waals surface area contributed by atoms with Gasteiger partial charge in [0, 0.05) is 44.5 Å². The molecule has 2 aliphatic heterocycles. The van der Waals surface area contributed by atoms with E-state index in [-0.39, 0.29) is 18.6 Å². The van der Waals surface area contributed by atoms with Gasteiger partial charge in [0.1, 0.15) is 11.9 Å². The Morgan fingerprint density at radius 2 is 1.88 bits per heavy atom. The van der Waals surface area contributed by atoms with Crippen molar-refractivity contribution in [2.45, 2.75) is 31.5 Å². The average Bonchev–Trinajstić information content (AvgIpc) is 3.21. The predicted octanol–water partition coefficient (Wildman–Crippen LogP) is 3.84. The number of methoxy groups -OCH3 is 1. The van der Waals surface area contributed by atoms with E-state index in [1.165, 1.54) is 28.2 Å². The summed E-state index contributed by atoms with van der Waals surface area (Å²) in [7, 11) is 3.65. The molecule has 0 saturated carbocycles. The highest BCUT2D eigenvalue weighted by atomic mass is 79.9. The highest BCUT2D eigenvalue weighted by Gasteiger charge is 2.40. The Morgan fingerprint density at radius 3 is 2.62 bits per heavy atom. The number of benzene rings is 2. The van der Waals surface area contributed by atoms with Gasteiger partial charge in [-0.15, -0.1) is 0 Å². The van der Waals surface area contributed by atoms with Gasteiger partial charge >= 0.3 is 6.03 Å². The molecule has 32 heavy (non-hydrogen) atoms. The molecule has 0 radical (unpaired) electrons. The van der Waals surface area contributed by atoms with E-state index < -0.39 is 17.9 Å². The van der Waals surface area contributed by atoms with E-state index in [0.717, 1.165) is 25.2 Å². The van der Waals surface area contributed by atoms with Gasteiger partial charge in [0.25, 0.3) is 0 Å². The van der Waals surface area contributed by atoms with E-state index in [9.17, 15) is 14.0 Å². The third-order valence-electron chi connectivity index (χ3n) is 6.01. The summed E-state index contributed by atoms with van der Waals surface area (Å²) in [6.07, 6.45) is 1.07. The highest BCUT2D eigenvalue weighted by Crippen LogP contribution is 2.26. The van der Waals surface area contributed by atoms with Crippen LogP contribution < -0.4 is 10.6 Å². The quantitative estimate of drug-likeness (QED) is 0.663. The number of carbonyl (C=O) groups excluding carboxylic acids is 2. The Bertz CT molecular complexity index is 1030. The highest BCUT2D eigenvalue weighted by molar-refractivity contribution is 9.10. The number of amides is 3. The zero-order valence-corrected chi connectivity index (χ0v) is 19.6. The summed E-state index contributed by atoms with van der Waals surface area (Å²) in [6, 6.07) is 9.12. The minimum Gasteiger partial charge on any atom is -0.380 e. The summed E-state index contributed by atoms with van der Waals surface area (Å²) in [6.45, 7) is 2.15. The lowest BCUT2D eigenvalue weighted by Crippen LogP contribution is -2.45. The first-order chi connectivity index (χ1) is 15.3. The maximum Gasteiger partial charge on any atom is 0.322 e. The Labute approximate surface area is 195 Å². The summed E-state index contributed by atoms with van der Waals surface area (Å²) in [5, 5.41) is 5.64. The van der Waals surface area contributed by atoms with Crippen LogP contribution in [0.4, 0.5) is 20.6 Å². The number of carbonyl (C=O) groups is 2. The molecule has 2 atom stereocenters. The van der Waals surface area contributed by atoms with Crippen LogP contribution in [0.3, 0.4) is 0 Å². The van der Waals surface area contributed by atoms with Crippen LogP contribution in [0, 0.1) is 5.82 Å². The first kappa shape index (κ1) is 22.7. The first-order valence-corrected chi connectivity index (χ1v) is 11.3. The van der Waals surface area contributed by atoms with Gasteiger partial charge in [-0.05, 0) is 70.9 Å². The molecular weight excluding hydrogens is 479 g/mol. The van der Waals surface area contributed by atoms with Gasteiger partial charge in [-0.3, -0.25) is 4.79 Å². The number of urea groups is 1. The molecule has 7 nitrogen and oxygen atoms in total. The van der Waals surface area contributed by atoms with E-state index in [0.29, 0.717) is 16.6 Å². The zero-order chi connectivity index (χ0) is 22.8. The number of rotatable bonds is 4. The molecule has 0 aromatic heterocycles. The van der Waals surface area contributed by atoms with Gasteiger partial charge in [0.15, 0.2) is 0 Å². The monoisotopic (exact) mass is 504 g/mol. The predicted molar refractivity (Wildman–Crippen MR) is 124 cm³/mol. The van der Waals surface area contributed by atoms with Crippen LogP contribution in [0.1, 0.15) is 17.5 Å². The van der Waals surface area contributed by atoms with Gasteiger partial charge in [0.05, 0.1) is 10.6 Å². The number of hydrogen-bond donors (Lipinski definition) is 2. The van der Waals surface area contributed by atoms with Crippen LogP contribution >= 0.6 is 15.9 Å². The van der Waals surface area contributed by atoms with Gasteiger partial charge in [0.2, 0.25) is 5.91 Å². The number of anilines is 2. The zero-order valence-electron chi connectivity index (χ0n) is 18.0. The summed E-state index contributed by atoms with van der Waals surface area (Å²) < 4.78 is 19.5. The number of ether oxygens (including phenoxy) is 1. The third-order valence-corrected chi connectivity index (χ3v) is 6.65. The molecule has 1 fully saturated rings. The molecule has 170 valence electrons. The van der Waals surface area contributed by atoms with Crippen LogP contribution in [-0.2, 0) is 22.5 Å². The average molecular weight is 505 g/mol. The maximum absolute atomic E-state index is 13.8. The number of nitrogens with one attached hydrogen (secondary N) is 2. The van der Waals surface area contributed by atoms with Crippen molar-refractivity contribution in [1.29, 1.82) is 0 Å². The van der Waals surface area contributed by atoms with Crippen molar-refractivity contribution in [2.75, 3.05) is 37.9 Å². The van der Waals surface area contributed by atoms with Crippen LogP contribution in [0.25, 0.3) is 0 Å². The lowest BCUT2D eigenvalue weighted by atomic mass is 9.99. The fraction of sp³-hybridized carbons (Fsp3) is 0.391. The summed E-state index contributed by atoms with van der Waals surface area (Å²) >= 11 is 3.10. The Balaban J connectivity index is 1.47. The van der Waals surface area contributed by atoms with Gasteiger partial charge in [-0.2, -0.15) is 0 Å². The van der Waals surface area contributed by atoms with Crippen LogP contribution in [0.15, 0.2) is 40.9 Å². The molecule has 0 spiro atoms. The number of likely N-dealkylation sites (N-methyl/N-ethyl adjacent to an activating group) is 1. The molecule has 2 aliphatic rings. The van der Waals surface area contributed by atoms with Crippen molar-refractivity contribution >= 4 is 39.2 Å². The molecule has 9 heteroatoms. The van der Waals surface area contributed by atoms with Crippen molar-refractivity contribution in [1.82, 2.24) is 9.80 Å². The maximum atomic E-state index is 13.8. The van der Waals surface area contributed by atoms with Crippen molar-refractivity contribution in [2.24, 2.45) is 0 Å². The first-order valence-electron chi connectivity index (χ1n) is 10.5. The topological polar surface area (TPSA) is 73.9 Å². The molecule has 4 rings (SSSR count). The second-order valence-corrected chi connectivity index (χ2v) is 9.14. The van der Waals surface area contributed by atoms with Crippen LogP contribution in [-0.4, -0.2) is 61.1 Å². The molecular formula is C23H26BrFN4O3. The van der Waals surface area contributed by atoms with Crippen molar-refractivity contribution < 1.29 is 18.7 Å². The minimum absolute atomic E-state index is 0.253. The second kappa shape index (κ2) is 9.56. The van der Waals surface area contributed by atoms with E-state index in [1.807, 2.05) is 18.2 Å². The molecule has 1 saturated heterocycles. The Morgan fingerprint density at radius 1 is 1.12 bits per heavy atom. The van der Waals surface area contributed by atoms with E-state index in [2.05, 4.69) is 38.5 Å². The summed E-state index contributed by atoms with van der Waals surface area (Å²) in [5.41, 5.74) is 3.53. The lowest BCUT2D eigenvalue weighted by Gasteiger charge is -2.26. The number of hydrogen-bond acceptors (Lipinski definition) is 4. The fourth-order valence-corrected chi connectivity index (χ4v) is 4.45. The minimum atomic E-state index is -0.692. The number of halogens is 2. The molecule has 2 N–H and O–H groups in total. The number of likely N-dealkylation sites (tertiary alicyclic amines) is 1. The van der Waals surface area contributed by atoms with E-state index in [1.54, 1.807) is 13.2 Å². The van der Waals surface area contributed by atoms with Crippen molar-refractivity contribution in [3.8, 4) is 0 Å². The molecule has 2 heterocycles. The van der Waals surface area contributed by atoms with E-state index in [4.69, 9.17) is 4.74 Å². The molecule has 0 bridgehead atoms. The van der Waals surface area contributed by atoms with Crippen molar-refractivity contribution in [3.05, 3.63) is 57.8 Å². The smallest absolute Gasteiger partial charge is 0.322 e. The van der Waals surface area contributed by atoms with Crippen molar-refractivity contribution in [3.63, 3.8) is 0 Å². The normalized spacial score (nSPS) is 20.7. The second-order valence-electron chi connectivity index (χ2n) is 8.28. The largest absolute Gasteiger partial charge is 0.380 e. The molecule has 0 aliphatic carbocycles. The Hall–Kier alpha value is -2.49. The Kier molecular flexibility index (Phi) is 6.78. The summed E-state index contributed by atoms with van der Waals surface area (Å²) in [5.74, 6) is -0.749. The third kappa shape index (κ3) is 4.95. The van der Waals surface area contributed by atoms with Gasteiger partial charge in [-0.25, -0.2) is 9.18 Å². The van der Waals surface area contributed by atoms with Crippen LogP contribution in [0.5, 0.6) is 0 Å². The molecule has 3 amide bonds. The van der Waals surface area contributed by atoms with Crippen LogP contribution in [0.2, 0.25) is 0 Å². The lowest BCUT2D eigenvalue weighted by molar-refractivity contribution is -0.119. The standard InChI is InChI=1S/C23H26BrFN4O3/c1-28-8-7-14-9-16(4-3-15(14)12-28)26-22(30)21-11-18(32-2)13-29(21)23(31)27-17-5-6-19(24)20(25)10-17/h3-6,9-10,18,21H,7-8,11-13H2,1-2H3,(H,26,30)(H,27,31)/t18?,21-/m1/s1. The number of fused-ring (bicyclic) bond motifs is 1. The molecule has 2 aromatic carbocycles. The van der Waals surface area contributed by atoms with Gasteiger partial charge < -0.3 is 25.2 Å². The van der Waals surface area contributed by atoms with E-state index >= 15 is 0 Å². The summed E-state index contributed by atoms with van der Waals surface area (Å²) in [4.78, 5) is 29.7. The molecule has 2 aromatic rings. The molecule has 1 unspecified atom stereocenters.